The second-order valence-electron chi connectivity index (χ2n) is 6.52. The standard InChI is InChI=1S/C16H22BNO3/c1-11-9-13(10-12(2)14(11)19-8-7-18)17-20-15(3,4)16(5,6)21-17/h9-10H,8H2,1-6H3. The molecule has 0 aromatic heterocycles. The molecule has 4 nitrogen and oxygen atoms in total. The molecule has 2 rings (SSSR count). The fourth-order valence-electron chi connectivity index (χ4n) is 2.43. The van der Waals surface area contributed by atoms with E-state index >= 15 is 0 Å². The van der Waals surface area contributed by atoms with Gasteiger partial charge in [-0.2, -0.15) is 5.26 Å². The van der Waals surface area contributed by atoms with Crippen LogP contribution >= 0.6 is 0 Å². The molecule has 5 heteroatoms. The van der Waals surface area contributed by atoms with E-state index in [9.17, 15) is 0 Å². The number of hydrogen-bond acceptors (Lipinski definition) is 4. The van der Waals surface area contributed by atoms with E-state index in [-0.39, 0.29) is 24.9 Å². The Balaban J connectivity index is 2.30. The third-order valence-electron chi connectivity index (χ3n) is 4.29. The van der Waals surface area contributed by atoms with Crippen LogP contribution in [0.4, 0.5) is 0 Å². The molecule has 0 aliphatic carbocycles. The third kappa shape index (κ3) is 2.92. The first-order valence-electron chi connectivity index (χ1n) is 7.14. The summed E-state index contributed by atoms with van der Waals surface area (Å²) in [5.41, 5.74) is 2.24. The van der Waals surface area contributed by atoms with Crippen LogP contribution in [0.2, 0.25) is 0 Å². The molecule has 0 unspecified atom stereocenters. The molecule has 1 aromatic rings. The third-order valence-corrected chi connectivity index (χ3v) is 4.29. The lowest BCUT2D eigenvalue weighted by molar-refractivity contribution is 0.00578. The lowest BCUT2D eigenvalue weighted by Crippen LogP contribution is -2.41. The van der Waals surface area contributed by atoms with Gasteiger partial charge in [0.2, 0.25) is 0 Å². The van der Waals surface area contributed by atoms with Crippen LogP contribution in [0.1, 0.15) is 38.8 Å². The van der Waals surface area contributed by atoms with Crippen molar-refractivity contribution in [2.24, 2.45) is 0 Å². The maximum atomic E-state index is 8.64. The van der Waals surface area contributed by atoms with Gasteiger partial charge >= 0.3 is 7.12 Å². The molecule has 1 heterocycles. The minimum atomic E-state index is -0.377. The number of aryl methyl sites for hydroxylation is 2. The lowest BCUT2D eigenvalue weighted by Gasteiger charge is -2.32. The topological polar surface area (TPSA) is 51.5 Å². The van der Waals surface area contributed by atoms with Gasteiger partial charge in [-0.1, -0.05) is 12.1 Å². The summed E-state index contributed by atoms with van der Waals surface area (Å²) in [4.78, 5) is 0. The molecule has 1 fully saturated rings. The van der Waals surface area contributed by atoms with Crippen molar-refractivity contribution in [2.45, 2.75) is 52.7 Å². The Morgan fingerprint density at radius 3 is 2.00 bits per heavy atom. The number of hydrogen-bond donors (Lipinski definition) is 0. The van der Waals surface area contributed by atoms with Crippen LogP contribution in [0, 0.1) is 25.2 Å². The SMILES string of the molecule is Cc1cc(B2OC(C)(C)C(C)(C)O2)cc(C)c1OCC#N. The Hall–Kier alpha value is -1.51. The highest BCUT2D eigenvalue weighted by Gasteiger charge is 2.51. The van der Waals surface area contributed by atoms with Crippen molar-refractivity contribution in [1.29, 1.82) is 5.26 Å². The molecule has 1 aromatic carbocycles. The molecule has 1 aliphatic rings. The fraction of sp³-hybridized carbons (Fsp3) is 0.562. The average molecular weight is 287 g/mol. The van der Waals surface area contributed by atoms with Crippen LogP contribution in [0.15, 0.2) is 12.1 Å². The summed E-state index contributed by atoms with van der Waals surface area (Å²) in [6.45, 7) is 12.1. The van der Waals surface area contributed by atoms with Crippen LogP contribution in [0.3, 0.4) is 0 Å². The second-order valence-corrected chi connectivity index (χ2v) is 6.52. The van der Waals surface area contributed by atoms with Crippen LogP contribution in [0.5, 0.6) is 5.75 Å². The molecule has 0 bridgehead atoms. The summed E-state index contributed by atoms with van der Waals surface area (Å²) in [5.74, 6) is 0.761. The van der Waals surface area contributed by atoms with Gasteiger partial charge in [-0.05, 0) is 58.1 Å². The zero-order valence-electron chi connectivity index (χ0n) is 13.6. The first kappa shape index (κ1) is 15.9. The average Bonchev–Trinajstić information content (AvgIpc) is 2.57. The monoisotopic (exact) mass is 287 g/mol. The first-order valence-corrected chi connectivity index (χ1v) is 7.14. The maximum absolute atomic E-state index is 8.64. The van der Waals surface area contributed by atoms with Crippen LogP contribution in [-0.4, -0.2) is 24.9 Å². The maximum Gasteiger partial charge on any atom is 0.494 e. The van der Waals surface area contributed by atoms with Gasteiger partial charge in [-0.25, -0.2) is 0 Å². The van der Waals surface area contributed by atoms with Gasteiger partial charge in [0.05, 0.1) is 11.2 Å². The van der Waals surface area contributed by atoms with E-state index in [4.69, 9.17) is 19.3 Å². The molecule has 21 heavy (non-hydrogen) atoms. The van der Waals surface area contributed by atoms with Gasteiger partial charge in [0.25, 0.3) is 0 Å². The molecule has 112 valence electrons. The zero-order chi connectivity index (χ0) is 15.8. The summed E-state index contributed by atoms with van der Waals surface area (Å²) in [7, 11) is -0.377. The highest BCUT2D eigenvalue weighted by molar-refractivity contribution is 6.62. The van der Waals surface area contributed by atoms with E-state index in [1.54, 1.807) is 0 Å². The smallest absolute Gasteiger partial charge is 0.478 e. The number of ether oxygens (including phenoxy) is 1. The molecule has 1 saturated heterocycles. The van der Waals surface area contributed by atoms with Crippen molar-refractivity contribution in [2.75, 3.05) is 6.61 Å². The van der Waals surface area contributed by atoms with Gasteiger partial charge in [0.1, 0.15) is 11.8 Å². The summed E-state index contributed by atoms with van der Waals surface area (Å²) >= 11 is 0. The van der Waals surface area contributed by atoms with E-state index in [1.807, 2.05) is 59.7 Å². The van der Waals surface area contributed by atoms with Crippen molar-refractivity contribution in [3.63, 3.8) is 0 Å². The molecule has 0 radical (unpaired) electrons. The quantitative estimate of drug-likeness (QED) is 0.801. The fourth-order valence-corrected chi connectivity index (χ4v) is 2.43. The van der Waals surface area contributed by atoms with Gasteiger partial charge in [-0.15, -0.1) is 0 Å². The highest BCUT2D eigenvalue weighted by Crippen LogP contribution is 2.36. The van der Waals surface area contributed by atoms with E-state index < -0.39 is 0 Å². The van der Waals surface area contributed by atoms with Crippen LogP contribution in [0.25, 0.3) is 0 Å². The molecule has 0 spiro atoms. The largest absolute Gasteiger partial charge is 0.494 e. The molecule has 0 amide bonds. The van der Waals surface area contributed by atoms with Gasteiger partial charge in [0.15, 0.2) is 6.61 Å². The van der Waals surface area contributed by atoms with E-state index in [2.05, 4.69) is 0 Å². The Labute approximate surface area is 127 Å². The highest BCUT2D eigenvalue weighted by atomic mass is 16.7. The van der Waals surface area contributed by atoms with Crippen molar-refractivity contribution in [1.82, 2.24) is 0 Å². The summed E-state index contributed by atoms with van der Waals surface area (Å²) in [6, 6.07) is 5.99. The molecular formula is C16H22BNO3. The van der Waals surface area contributed by atoms with E-state index in [0.29, 0.717) is 0 Å². The predicted octanol–water partition coefficient (Wildman–Crippen LogP) is 2.51. The Kier molecular flexibility index (Phi) is 4.05. The summed E-state index contributed by atoms with van der Waals surface area (Å²) in [6.07, 6.45) is 0. The molecule has 0 saturated carbocycles. The van der Waals surface area contributed by atoms with Crippen molar-refractivity contribution >= 4 is 12.6 Å². The Bertz CT molecular complexity index is 551. The Morgan fingerprint density at radius 2 is 1.57 bits per heavy atom. The lowest BCUT2D eigenvalue weighted by atomic mass is 9.77. The summed E-state index contributed by atoms with van der Waals surface area (Å²) in [5, 5.41) is 8.64. The van der Waals surface area contributed by atoms with Gasteiger partial charge in [-0.3, -0.25) is 0 Å². The predicted molar refractivity (Wildman–Crippen MR) is 82.7 cm³/mol. The summed E-state index contributed by atoms with van der Waals surface area (Å²) < 4.78 is 17.6. The Morgan fingerprint density at radius 1 is 1.10 bits per heavy atom. The van der Waals surface area contributed by atoms with Crippen LogP contribution < -0.4 is 10.2 Å². The number of nitriles is 1. The number of benzene rings is 1. The first-order chi connectivity index (χ1) is 9.68. The molecule has 0 N–H and O–H groups in total. The zero-order valence-corrected chi connectivity index (χ0v) is 13.6. The minimum Gasteiger partial charge on any atom is -0.478 e. The van der Waals surface area contributed by atoms with Gasteiger partial charge in [0, 0.05) is 0 Å². The van der Waals surface area contributed by atoms with Crippen molar-refractivity contribution in [3.8, 4) is 11.8 Å². The second kappa shape index (κ2) is 5.36. The van der Waals surface area contributed by atoms with E-state index in [1.165, 1.54) is 0 Å². The minimum absolute atomic E-state index is 0.0531. The van der Waals surface area contributed by atoms with Crippen molar-refractivity contribution < 1.29 is 14.0 Å². The molecule has 0 atom stereocenters. The van der Waals surface area contributed by atoms with Crippen LogP contribution in [-0.2, 0) is 9.31 Å². The molecular weight excluding hydrogens is 265 g/mol. The number of rotatable bonds is 3. The van der Waals surface area contributed by atoms with E-state index in [0.717, 1.165) is 22.3 Å². The molecule has 1 aliphatic heterocycles. The normalized spacial score (nSPS) is 19.4. The van der Waals surface area contributed by atoms with Gasteiger partial charge < -0.3 is 14.0 Å². The van der Waals surface area contributed by atoms with Crippen molar-refractivity contribution in [3.05, 3.63) is 23.3 Å². The number of nitrogens with zero attached hydrogens (tertiary/aromatic N) is 1.